The first kappa shape index (κ1) is 30.2. The fourth-order valence-electron chi connectivity index (χ4n) is 3.94. The lowest BCUT2D eigenvalue weighted by molar-refractivity contribution is -0.150. The molecule has 1 aliphatic heterocycles. The molecule has 6 atom stereocenters. The van der Waals surface area contributed by atoms with E-state index < -0.39 is 54.1 Å². The lowest BCUT2D eigenvalue weighted by Gasteiger charge is -2.34. The number of rotatable bonds is 13. The number of phosphoric acid groups is 3. The van der Waals surface area contributed by atoms with Crippen molar-refractivity contribution in [2.75, 3.05) is 12.3 Å². The molecule has 3 heterocycles. The van der Waals surface area contributed by atoms with Crippen molar-refractivity contribution in [3.8, 4) is 0 Å². The molecule has 0 aliphatic carbocycles. The molecule has 3 rings (SSSR count). The molecular formula is C16H28N5O13P3. The molecule has 0 radical (unpaired) electrons. The predicted octanol–water partition coefficient (Wildman–Crippen LogP) is 0.496. The van der Waals surface area contributed by atoms with E-state index in [0.29, 0.717) is 6.42 Å². The van der Waals surface area contributed by atoms with E-state index in [1.54, 1.807) is 0 Å². The molecule has 1 saturated heterocycles. The average Bonchev–Trinajstić information content (AvgIpc) is 3.30. The Labute approximate surface area is 209 Å². The van der Waals surface area contributed by atoms with Crippen LogP contribution in [-0.4, -0.2) is 74.2 Å². The van der Waals surface area contributed by atoms with Gasteiger partial charge in [0.15, 0.2) is 17.2 Å². The van der Waals surface area contributed by atoms with Crippen molar-refractivity contribution in [2.45, 2.75) is 63.1 Å². The van der Waals surface area contributed by atoms with Crippen molar-refractivity contribution < 1.29 is 61.4 Å². The number of unbranched alkanes of at least 4 members (excludes halogenated alkanes) is 3. The normalized spacial score (nSPS) is 27.8. The highest BCUT2D eigenvalue weighted by Crippen LogP contribution is 2.66. The molecule has 18 nitrogen and oxygen atoms in total. The van der Waals surface area contributed by atoms with E-state index in [-0.39, 0.29) is 23.4 Å². The van der Waals surface area contributed by atoms with Gasteiger partial charge in [0.05, 0.1) is 12.9 Å². The van der Waals surface area contributed by atoms with Gasteiger partial charge in [-0.3, -0.25) is 9.09 Å². The summed E-state index contributed by atoms with van der Waals surface area (Å²) in [6.07, 6.45) is 0.868. The van der Waals surface area contributed by atoms with Crippen molar-refractivity contribution in [1.82, 2.24) is 19.5 Å². The third kappa shape index (κ3) is 7.19. The highest BCUT2D eigenvalue weighted by molar-refractivity contribution is 7.66. The maximum atomic E-state index is 12.1. The Bertz CT molecular complexity index is 1240. The van der Waals surface area contributed by atoms with Crippen molar-refractivity contribution in [3.63, 3.8) is 0 Å². The number of nitrogens with two attached hydrogens (primary N) is 1. The van der Waals surface area contributed by atoms with Crippen LogP contribution in [0.4, 0.5) is 5.82 Å². The molecule has 8 N–H and O–H groups in total. The zero-order valence-electron chi connectivity index (χ0n) is 19.4. The lowest BCUT2D eigenvalue weighted by Crippen LogP contribution is -2.45. The standard InChI is InChI=1S/C16H28N5O13P3/c1-2-3-4-5-6-16(21-9-20-11-14(17)18-8-19-15(11)21)13(23)12(22)10(32-16)7-31-36(27,28)34-37(29,30)33-35(24,25)26/h8-10,12-13,22-23H,2-7H2,1H3,(H,27,28)(H,29,30)(H2,17,18,19)(H2,24,25,26)/t10-,12-,13-,16-/m1/s1. The van der Waals surface area contributed by atoms with E-state index in [1.165, 1.54) is 17.2 Å². The predicted molar refractivity (Wildman–Crippen MR) is 123 cm³/mol. The van der Waals surface area contributed by atoms with Gasteiger partial charge in [-0.1, -0.05) is 26.2 Å². The molecule has 37 heavy (non-hydrogen) atoms. The Balaban J connectivity index is 1.84. The van der Waals surface area contributed by atoms with Gasteiger partial charge in [0.2, 0.25) is 0 Å². The van der Waals surface area contributed by atoms with Crippen LogP contribution in [0.5, 0.6) is 0 Å². The van der Waals surface area contributed by atoms with Gasteiger partial charge in [0.25, 0.3) is 0 Å². The number of hydrogen-bond acceptors (Lipinski definition) is 13. The van der Waals surface area contributed by atoms with E-state index in [4.69, 9.17) is 20.3 Å². The van der Waals surface area contributed by atoms with E-state index in [1.807, 2.05) is 6.92 Å². The minimum absolute atomic E-state index is 0.0575. The van der Waals surface area contributed by atoms with Crippen LogP contribution >= 0.6 is 23.5 Å². The Morgan fingerprint density at radius 2 is 1.76 bits per heavy atom. The summed E-state index contributed by atoms with van der Waals surface area (Å²) >= 11 is 0. The molecule has 2 unspecified atom stereocenters. The third-order valence-electron chi connectivity index (χ3n) is 5.50. The lowest BCUT2D eigenvalue weighted by atomic mass is 9.96. The number of ether oxygens (including phenoxy) is 1. The molecule has 21 heteroatoms. The van der Waals surface area contributed by atoms with Gasteiger partial charge in [0.1, 0.15) is 30.2 Å². The van der Waals surface area contributed by atoms with E-state index >= 15 is 0 Å². The summed E-state index contributed by atoms with van der Waals surface area (Å²) in [7, 11) is -16.8. The van der Waals surface area contributed by atoms with Gasteiger partial charge in [0, 0.05) is 0 Å². The summed E-state index contributed by atoms with van der Waals surface area (Å²) in [4.78, 5) is 48.4. The van der Waals surface area contributed by atoms with Crippen LogP contribution < -0.4 is 5.73 Å². The Morgan fingerprint density at radius 1 is 1.05 bits per heavy atom. The minimum atomic E-state index is -5.74. The number of imidazole rings is 1. The minimum Gasteiger partial charge on any atom is -0.387 e. The molecule has 1 aliphatic rings. The summed E-state index contributed by atoms with van der Waals surface area (Å²) < 4.78 is 53.7. The Kier molecular flexibility index (Phi) is 9.30. The molecule has 0 amide bonds. The quantitative estimate of drug-likeness (QED) is 0.123. The topological polar surface area (TPSA) is 279 Å². The smallest absolute Gasteiger partial charge is 0.387 e. The second-order valence-electron chi connectivity index (χ2n) is 8.18. The van der Waals surface area contributed by atoms with Crippen LogP contribution in [0.3, 0.4) is 0 Å². The number of aliphatic hydroxyl groups excluding tert-OH is 2. The van der Waals surface area contributed by atoms with Crippen LogP contribution in [0.1, 0.15) is 39.0 Å². The van der Waals surface area contributed by atoms with Crippen molar-refractivity contribution in [3.05, 3.63) is 12.7 Å². The zero-order valence-corrected chi connectivity index (χ0v) is 22.1. The van der Waals surface area contributed by atoms with Crippen molar-refractivity contribution >= 4 is 40.4 Å². The summed E-state index contributed by atoms with van der Waals surface area (Å²) in [5, 5.41) is 21.8. The van der Waals surface area contributed by atoms with Gasteiger partial charge in [-0.05, 0) is 12.8 Å². The van der Waals surface area contributed by atoms with Crippen molar-refractivity contribution in [1.29, 1.82) is 0 Å². The van der Waals surface area contributed by atoms with E-state index in [2.05, 4.69) is 28.1 Å². The second kappa shape index (κ2) is 11.4. The number of aromatic nitrogens is 4. The zero-order chi connectivity index (χ0) is 27.6. The molecule has 0 bridgehead atoms. The molecule has 0 saturated carbocycles. The number of fused-ring (bicyclic) bond motifs is 1. The van der Waals surface area contributed by atoms with Gasteiger partial charge >= 0.3 is 23.5 Å². The fourth-order valence-corrected chi connectivity index (χ4v) is 6.97. The number of nitrogen functional groups attached to an aromatic ring is 1. The molecule has 0 spiro atoms. The summed E-state index contributed by atoms with van der Waals surface area (Å²) in [5.74, 6) is 0.0575. The average molecular weight is 591 g/mol. The number of anilines is 1. The molecule has 210 valence electrons. The van der Waals surface area contributed by atoms with Gasteiger partial charge in [-0.2, -0.15) is 8.62 Å². The summed E-state index contributed by atoms with van der Waals surface area (Å²) in [6, 6.07) is 0. The maximum absolute atomic E-state index is 12.1. The number of hydrogen-bond donors (Lipinski definition) is 7. The first-order chi connectivity index (χ1) is 17.1. The highest BCUT2D eigenvalue weighted by Gasteiger charge is 2.56. The first-order valence-corrected chi connectivity index (χ1v) is 15.4. The molecule has 0 aromatic carbocycles. The van der Waals surface area contributed by atoms with Crippen LogP contribution in [0, 0.1) is 0 Å². The van der Waals surface area contributed by atoms with Crippen LogP contribution in [0.2, 0.25) is 0 Å². The van der Waals surface area contributed by atoms with E-state index in [0.717, 1.165) is 19.3 Å². The molecule has 2 aromatic heterocycles. The van der Waals surface area contributed by atoms with Crippen LogP contribution in [-0.2, 0) is 37.3 Å². The fraction of sp³-hybridized carbons (Fsp3) is 0.688. The van der Waals surface area contributed by atoms with Crippen molar-refractivity contribution in [2.24, 2.45) is 0 Å². The van der Waals surface area contributed by atoms with Crippen LogP contribution in [0.15, 0.2) is 12.7 Å². The van der Waals surface area contributed by atoms with E-state index in [9.17, 15) is 33.7 Å². The monoisotopic (exact) mass is 591 g/mol. The Hall–Kier alpha value is -1.36. The highest BCUT2D eigenvalue weighted by atomic mass is 31.3. The van der Waals surface area contributed by atoms with Crippen LogP contribution in [0.25, 0.3) is 11.2 Å². The SMILES string of the molecule is CCCCCC[C@@]1(n2cnc3c(N)ncnc32)O[C@H](COP(=O)(O)OP(=O)(O)OP(=O)(O)O)[C@@H](O)[C@H]1O. The molecule has 2 aromatic rings. The van der Waals surface area contributed by atoms with Gasteiger partial charge in [-0.25, -0.2) is 28.6 Å². The molecule has 1 fully saturated rings. The Morgan fingerprint density at radius 3 is 2.41 bits per heavy atom. The third-order valence-corrected chi connectivity index (χ3v) is 9.30. The van der Waals surface area contributed by atoms with Gasteiger partial charge in [-0.15, -0.1) is 0 Å². The second-order valence-corrected chi connectivity index (χ2v) is 12.6. The largest absolute Gasteiger partial charge is 0.490 e. The molecular weight excluding hydrogens is 563 g/mol. The van der Waals surface area contributed by atoms with Gasteiger partial charge < -0.3 is 40.3 Å². The number of aliphatic hydroxyl groups is 2. The first-order valence-electron chi connectivity index (χ1n) is 10.9. The summed E-state index contributed by atoms with van der Waals surface area (Å²) in [5.41, 5.74) is 4.57. The maximum Gasteiger partial charge on any atom is 0.490 e. The number of phosphoric ester groups is 1. The number of nitrogens with zero attached hydrogens (tertiary/aromatic N) is 4. The summed E-state index contributed by atoms with van der Waals surface area (Å²) in [6.45, 7) is 1.05.